The molecule has 2 aromatic rings. The molecule has 0 N–H and O–H groups in total. The first kappa shape index (κ1) is 9.76. The van der Waals surface area contributed by atoms with Crippen molar-refractivity contribution in [2.45, 2.75) is 6.43 Å². The molecule has 78 valence electrons. The Labute approximate surface area is 81.9 Å². The quantitative estimate of drug-likeness (QED) is 0.683. The minimum absolute atomic E-state index is 0.0887. The first-order valence-corrected chi connectivity index (χ1v) is 4.09. The highest BCUT2D eigenvalue weighted by Gasteiger charge is 2.14. The number of hydrogen-bond donors (Lipinski definition) is 0. The molecule has 0 atom stereocenters. The van der Waals surface area contributed by atoms with Gasteiger partial charge in [-0.2, -0.15) is 0 Å². The summed E-state index contributed by atoms with van der Waals surface area (Å²) in [6.07, 6.45) is -2.92. The molecule has 0 bridgehead atoms. The van der Waals surface area contributed by atoms with E-state index in [4.69, 9.17) is 0 Å². The Hall–Kier alpha value is -1.78. The number of benzene rings is 1. The van der Waals surface area contributed by atoms with E-state index in [1.807, 2.05) is 0 Å². The largest absolute Gasteiger partial charge is 0.422 e. The van der Waals surface area contributed by atoms with Crippen molar-refractivity contribution in [2.24, 2.45) is 0 Å². The van der Waals surface area contributed by atoms with Gasteiger partial charge < -0.3 is 4.42 Å². The second-order valence-electron chi connectivity index (χ2n) is 2.97. The highest BCUT2D eigenvalue weighted by molar-refractivity contribution is 5.76. The minimum atomic E-state index is -2.92. The van der Waals surface area contributed by atoms with Gasteiger partial charge in [-0.15, -0.1) is 0 Å². The van der Waals surface area contributed by atoms with Gasteiger partial charge in [-0.05, 0) is 24.3 Å². The normalized spacial score (nSPS) is 11.2. The van der Waals surface area contributed by atoms with Crippen LogP contribution >= 0.6 is 0 Å². The molecular formula is C10H5F3O2. The lowest BCUT2D eigenvalue weighted by molar-refractivity contribution is 0.147. The number of hydrogen-bond acceptors (Lipinski definition) is 2. The summed E-state index contributed by atoms with van der Waals surface area (Å²) in [4.78, 5) is 11.0. The third-order valence-electron chi connectivity index (χ3n) is 1.96. The van der Waals surface area contributed by atoms with Crippen molar-refractivity contribution in [3.63, 3.8) is 0 Å². The predicted octanol–water partition coefficient (Wildman–Crippen LogP) is 2.87. The topological polar surface area (TPSA) is 30.2 Å². The van der Waals surface area contributed by atoms with Crippen LogP contribution in [0.5, 0.6) is 0 Å². The summed E-state index contributed by atoms with van der Waals surface area (Å²) >= 11 is 0. The van der Waals surface area contributed by atoms with Gasteiger partial charge in [0.2, 0.25) is 0 Å². The zero-order valence-corrected chi connectivity index (χ0v) is 7.34. The second-order valence-corrected chi connectivity index (χ2v) is 2.97. The monoisotopic (exact) mass is 214 g/mol. The fourth-order valence-electron chi connectivity index (χ4n) is 1.26. The first-order chi connectivity index (χ1) is 7.08. The lowest BCUT2D eigenvalue weighted by atomic mass is 10.2. The lowest BCUT2D eigenvalue weighted by Crippen LogP contribution is -2.07. The molecule has 1 aromatic heterocycles. The van der Waals surface area contributed by atoms with Crippen molar-refractivity contribution in [1.82, 2.24) is 0 Å². The number of alkyl halides is 2. The summed E-state index contributed by atoms with van der Waals surface area (Å²) in [5.41, 5.74) is -1.76. The van der Waals surface area contributed by atoms with E-state index in [0.717, 1.165) is 18.2 Å². The first-order valence-electron chi connectivity index (χ1n) is 4.09. The molecule has 0 fully saturated rings. The Bertz CT molecular complexity index is 560. The Morgan fingerprint density at radius 2 is 1.93 bits per heavy atom. The number of rotatable bonds is 1. The second kappa shape index (κ2) is 3.42. The molecule has 15 heavy (non-hydrogen) atoms. The Morgan fingerprint density at radius 3 is 2.60 bits per heavy atom. The molecule has 0 aliphatic carbocycles. The lowest BCUT2D eigenvalue weighted by Gasteiger charge is -2.00. The third kappa shape index (κ3) is 1.72. The Morgan fingerprint density at radius 1 is 1.20 bits per heavy atom. The van der Waals surface area contributed by atoms with Crippen LogP contribution < -0.4 is 5.63 Å². The van der Waals surface area contributed by atoms with Crippen LogP contribution in [0.2, 0.25) is 0 Å². The zero-order chi connectivity index (χ0) is 11.0. The fourth-order valence-corrected chi connectivity index (χ4v) is 1.26. The van der Waals surface area contributed by atoms with Crippen molar-refractivity contribution in [3.8, 4) is 0 Å². The van der Waals surface area contributed by atoms with Gasteiger partial charge in [0.25, 0.3) is 6.43 Å². The minimum Gasteiger partial charge on any atom is -0.422 e. The third-order valence-corrected chi connectivity index (χ3v) is 1.96. The molecule has 0 aliphatic rings. The van der Waals surface area contributed by atoms with Gasteiger partial charge in [0.05, 0.1) is 0 Å². The molecule has 0 aliphatic heterocycles. The van der Waals surface area contributed by atoms with E-state index in [1.54, 1.807) is 0 Å². The maximum absolute atomic E-state index is 12.8. The molecule has 0 radical (unpaired) electrons. The van der Waals surface area contributed by atoms with Crippen LogP contribution in [0.25, 0.3) is 11.0 Å². The van der Waals surface area contributed by atoms with Gasteiger partial charge in [-0.25, -0.2) is 18.0 Å². The van der Waals surface area contributed by atoms with Crippen molar-refractivity contribution < 1.29 is 17.6 Å². The molecule has 5 heteroatoms. The van der Waals surface area contributed by atoms with Crippen molar-refractivity contribution >= 4 is 11.0 Å². The molecule has 0 amide bonds. The highest BCUT2D eigenvalue weighted by atomic mass is 19.3. The summed E-state index contributed by atoms with van der Waals surface area (Å²) < 4.78 is 42.0. The van der Waals surface area contributed by atoms with E-state index < -0.39 is 23.4 Å². The average molecular weight is 214 g/mol. The van der Waals surface area contributed by atoms with E-state index in [1.165, 1.54) is 6.07 Å². The molecule has 0 unspecified atom stereocenters. The van der Waals surface area contributed by atoms with E-state index in [9.17, 15) is 18.0 Å². The standard InChI is InChI=1S/C10H5F3O2/c11-6-1-2-8-5(3-6)4-7(9(12)13)10(14)15-8/h1-4,9H. The summed E-state index contributed by atoms with van der Waals surface area (Å²) in [5, 5.41) is 0.143. The maximum Gasteiger partial charge on any atom is 0.345 e. The molecular weight excluding hydrogens is 209 g/mol. The Kier molecular flexibility index (Phi) is 2.22. The smallest absolute Gasteiger partial charge is 0.345 e. The zero-order valence-electron chi connectivity index (χ0n) is 7.34. The summed E-state index contributed by atoms with van der Waals surface area (Å²) in [6, 6.07) is 4.29. The summed E-state index contributed by atoms with van der Waals surface area (Å²) in [5.74, 6) is -0.573. The van der Waals surface area contributed by atoms with Gasteiger partial charge in [0, 0.05) is 5.39 Å². The Balaban J connectivity index is 2.77. The number of halogens is 3. The van der Waals surface area contributed by atoms with Crippen LogP contribution in [0.3, 0.4) is 0 Å². The van der Waals surface area contributed by atoms with Crippen LogP contribution in [0.4, 0.5) is 13.2 Å². The van der Waals surface area contributed by atoms with Gasteiger partial charge in [0.15, 0.2) is 0 Å². The SMILES string of the molecule is O=c1oc2ccc(F)cc2cc1C(F)F. The molecule has 2 nitrogen and oxygen atoms in total. The van der Waals surface area contributed by atoms with Crippen LogP contribution in [0.1, 0.15) is 12.0 Å². The predicted molar refractivity (Wildman–Crippen MR) is 47.4 cm³/mol. The molecule has 2 rings (SSSR count). The molecule has 1 aromatic carbocycles. The van der Waals surface area contributed by atoms with Gasteiger partial charge >= 0.3 is 5.63 Å². The maximum atomic E-state index is 12.8. The van der Waals surface area contributed by atoms with E-state index in [0.29, 0.717) is 0 Å². The molecule has 0 spiro atoms. The van der Waals surface area contributed by atoms with Gasteiger partial charge in [-0.1, -0.05) is 0 Å². The van der Waals surface area contributed by atoms with Gasteiger partial charge in [-0.3, -0.25) is 0 Å². The van der Waals surface area contributed by atoms with Gasteiger partial charge in [0.1, 0.15) is 17.0 Å². The van der Waals surface area contributed by atoms with E-state index in [-0.39, 0.29) is 11.0 Å². The molecule has 0 saturated carbocycles. The van der Waals surface area contributed by atoms with Crippen molar-refractivity contribution in [2.75, 3.05) is 0 Å². The van der Waals surface area contributed by atoms with Crippen molar-refractivity contribution in [1.29, 1.82) is 0 Å². The summed E-state index contributed by atoms with van der Waals surface area (Å²) in [6.45, 7) is 0. The van der Waals surface area contributed by atoms with Crippen molar-refractivity contribution in [3.05, 3.63) is 46.1 Å². The summed E-state index contributed by atoms with van der Waals surface area (Å²) in [7, 11) is 0. The highest BCUT2D eigenvalue weighted by Crippen LogP contribution is 2.20. The van der Waals surface area contributed by atoms with Crippen LogP contribution in [0, 0.1) is 5.82 Å². The molecule has 0 saturated heterocycles. The van der Waals surface area contributed by atoms with Crippen LogP contribution in [-0.2, 0) is 0 Å². The van der Waals surface area contributed by atoms with Crippen LogP contribution in [-0.4, -0.2) is 0 Å². The van der Waals surface area contributed by atoms with E-state index >= 15 is 0 Å². The number of fused-ring (bicyclic) bond motifs is 1. The van der Waals surface area contributed by atoms with E-state index in [2.05, 4.69) is 4.42 Å². The fraction of sp³-hybridized carbons (Fsp3) is 0.100. The molecule has 1 heterocycles. The average Bonchev–Trinajstić information content (AvgIpc) is 2.17. The van der Waals surface area contributed by atoms with Crippen LogP contribution in [0.15, 0.2) is 33.5 Å².